The quantitative estimate of drug-likeness (QED) is 0.760. The number of pyridine rings is 1. The van der Waals surface area contributed by atoms with Gasteiger partial charge in [0.2, 0.25) is 5.91 Å². The van der Waals surface area contributed by atoms with Crippen molar-refractivity contribution in [1.82, 2.24) is 20.5 Å². The van der Waals surface area contributed by atoms with E-state index in [9.17, 15) is 9.59 Å². The number of amides is 1. The van der Waals surface area contributed by atoms with Crippen LogP contribution in [0.25, 0.3) is 10.9 Å². The van der Waals surface area contributed by atoms with Crippen molar-refractivity contribution in [3.63, 3.8) is 0 Å². The van der Waals surface area contributed by atoms with Crippen LogP contribution in [0.1, 0.15) is 18.4 Å². The summed E-state index contributed by atoms with van der Waals surface area (Å²) in [5, 5.41) is 7.19. The molecule has 128 valence electrons. The molecule has 1 aliphatic rings. The molecule has 2 aromatic rings. The van der Waals surface area contributed by atoms with Crippen molar-refractivity contribution in [3.8, 4) is 0 Å². The largest absolute Gasteiger partial charge is 0.358 e. The predicted molar refractivity (Wildman–Crippen MR) is 94.9 cm³/mol. The van der Waals surface area contributed by atoms with Gasteiger partial charge in [0.25, 0.3) is 5.56 Å². The second kappa shape index (κ2) is 7.59. The Bertz CT molecular complexity index is 763. The normalized spacial score (nSPS) is 16.4. The third-order valence-corrected chi connectivity index (χ3v) is 4.65. The van der Waals surface area contributed by atoms with Crippen LogP contribution >= 0.6 is 0 Å². The fourth-order valence-corrected chi connectivity index (χ4v) is 3.16. The number of hydrogen-bond acceptors (Lipinski definition) is 4. The molecule has 1 aliphatic heterocycles. The number of fused-ring (bicyclic) bond motifs is 1. The standard InChI is InChI=1S/C18H24N4O2/c1-19-17(23)12-22-8-6-15(7-9-22)20-11-14-10-13-4-2-3-5-16(13)21-18(14)24/h2-5,10,15,20H,6-9,11-12H2,1H3,(H,19,23)(H,21,24). The number of para-hydroxylation sites is 1. The van der Waals surface area contributed by atoms with Crippen LogP contribution < -0.4 is 16.2 Å². The van der Waals surface area contributed by atoms with E-state index in [1.165, 1.54) is 0 Å². The Morgan fingerprint density at radius 2 is 2.04 bits per heavy atom. The molecule has 0 radical (unpaired) electrons. The van der Waals surface area contributed by atoms with Crippen molar-refractivity contribution < 1.29 is 4.79 Å². The zero-order valence-electron chi connectivity index (χ0n) is 14.0. The lowest BCUT2D eigenvalue weighted by Crippen LogP contribution is -2.45. The van der Waals surface area contributed by atoms with Crippen molar-refractivity contribution in [2.45, 2.75) is 25.4 Å². The number of carbonyl (C=O) groups excluding carboxylic acids is 1. The van der Waals surface area contributed by atoms with Gasteiger partial charge in [0, 0.05) is 43.8 Å². The highest BCUT2D eigenvalue weighted by atomic mass is 16.2. The van der Waals surface area contributed by atoms with Gasteiger partial charge >= 0.3 is 0 Å². The van der Waals surface area contributed by atoms with Gasteiger partial charge in [0.1, 0.15) is 0 Å². The molecular weight excluding hydrogens is 304 g/mol. The molecule has 3 N–H and O–H groups in total. The lowest BCUT2D eigenvalue weighted by atomic mass is 10.0. The number of hydrogen-bond donors (Lipinski definition) is 3. The summed E-state index contributed by atoms with van der Waals surface area (Å²) in [7, 11) is 1.66. The number of piperidine rings is 1. The molecule has 24 heavy (non-hydrogen) atoms. The van der Waals surface area contributed by atoms with E-state index in [1.54, 1.807) is 7.05 Å². The molecule has 1 fully saturated rings. The van der Waals surface area contributed by atoms with Gasteiger partial charge in [-0.15, -0.1) is 0 Å². The second-order valence-corrected chi connectivity index (χ2v) is 6.32. The van der Waals surface area contributed by atoms with Crippen LogP contribution in [0, 0.1) is 0 Å². The maximum absolute atomic E-state index is 12.2. The number of nitrogens with zero attached hydrogens (tertiary/aromatic N) is 1. The summed E-state index contributed by atoms with van der Waals surface area (Å²) < 4.78 is 0. The smallest absolute Gasteiger partial charge is 0.252 e. The predicted octanol–water partition coefficient (Wildman–Crippen LogP) is 0.828. The molecular formula is C18H24N4O2. The SMILES string of the molecule is CNC(=O)CN1CCC(NCc2cc3ccccc3[nH]c2=O)CC1. The van der Waals surface area contributed by atoms with E-state index < -0.39 is 0 Å². The highest BCUT2D eigenvalue weighted by molar-refractivity contribution is 5.78. The number of aromatic amines is 1. The van der Waals surface area contributed by atoms with Crippen molar-refractivity contribution in [2.24, 2.45) is 0 Å². The Morgan fingerprint density at radius 1 is 1.29 bits per heavy atom. The Kier molecular flexibility index (Phi) is 5.27. The molecule has 2 heterocycles. The van der Waals surface area contributed by atoms with Gasteiger partial charge in [-0.05, 0) is 30.4 Å². The minimum absolute atomic E-state index is 0.0294. The first-order valence-corrected chi connectivity index (χ1v) is 8.43. The number of rotatable bonds is 5. The Morgan fingerprint density at radius 3 is 2.79 bits per heavy atom. The summed E-state index contributed by atoms with van der Waals surface area (Å²) in [5.41, 5.74) is 1.61. The number of H-pyrrole nitrogens is 1. The molecule has 0 atom stereocenters. The maximum atomic E-state index is 12.2. The Labute approximate surface area is 141 Å². The molecule has 0 aliphatic carbocycles. The number of benzene rings is 1. The maximum Gasteiger partial charge on any atom is 0.252 e. The van der Waals surface area contributed by atoms with Crippen LogP contribution in [0.15, 0.2) is 35.1 Å². The molecule has 1 aromatic heterocycles. The van der Waals surface area contributed by atoms with Crippen LogP contribution in [0.2, 0.25) is 0 Å². The van der Waals surface area contributed by atoms with Gasteiger partial charge in [0.15, 0.2) is 0 Å². The highest BCUT2D eigenvalue weighted by Crippen LogP contribution is 2.12. The molecule has 0 unspecified atom stereocenters. The topological polar surface area (TPSA) is 77.2 Å². The lowest BCUT2D eigenvalue weighted by Gasteiger charge is -2.31. The van der Waals surface area contributed by atoms with E-state index in [0.29, 0.717) is 19.1 Å². The number of aromatic nitrogens is 1. The van der Waals surface area contributed by atoms with Crippen LogP contribution in [-0.2, 0) is 11.3 Å². The Hall–Kier alpha value is -2.18. The number of likely N-dealkylation sites (N-methyl/N-ethyl adjacent to an activating group) is 1. The number of likely N-dealkylation sites (tertiary alicyclic amines) is 1. The van der Waals surface area contributed by atoms with Crippen molar-refractivity contribution in [3.05, 3.63) is 46.2 Å². The van der Waals surface area contributed by atoms with E-state index in [1.807, 2.05) is 30.3 Å². The van der Waals surface area contributed by atoms with Crippen LogP contribution in [-0.4, -0.2) is 48.5 Å². The van der Waals surface area contributed by atoms with Gasteiger partial charge < -0.3 is 15.6 Å². The third kappa shape index (κ3) is 4.01. The summed E-state index contributed by atoms with van der Waals surface area (Å²) in [6, 6.07) is 10.2. The fourth-order valence-electron chi connectivity index (χ4n) is 3.16. The summed E-state index contributed by atoms with van der Waals surface area (Å²) in [4.78, 5) is 28.7. The monoisotopic (exact) mass is 328 g/mol. The van der Waals surface area contributed by atoms with Crippen molar-refractivity contribution in [1.29, 1.82) is 0 Å². The van der Waals surface area contributed by atoms with Crippen LogP contribution in [0.3, 0.4) is 0 Å². The van der Waals surface area contributed by atoms with Crippen molar-refractivity contribution >= 4 is 16.8 Å². The van der Waals surface area contributed by atoms with E-state index in [2.05, 4.69) is 20.5 Å². The molecule has 1 aromatic carbocycles. The average Bonchev–Trinajstić information content (AvgIpc) is 2.61. The summed E-state index contributed by atoms with van der Waals surface area (Å²) in [6.45, 7) is 2.84. The van der Waals surface area contributed by atoms with Crippen LogP contribution in [0.5, 0.6) is 0 Å². The van der Waals surface area contributed by atoms with E-state index in [4.69, 9.17) is 0 Å². The molecule has 3 rings (SSSR count). The number of carbonyl (C=O) groups is 1. The molecule has 6 nitrogen and oxygen atoms in total. The first-order valence-electron chi connectivity index (χ1n) is 8.43. The fraction of sp³-hybridized carbons (Fsp3) is 0.444. The van der Waals surface area contributed by atoms with E-state index in [-0.39, 0.29) is 11.5 Å². The van der Waals surface area contributed by atoms with Gasteiger partial charge in [-0.25, -0.2) is 0 Å². The highest BCUT2D eigenvalue weighted by Gasteiger charge is 2.20. The molecule has 0 spiro atoms. The molecule has 6 heteroatoms. The van der Waals surface area contributed by atoms with Gasteiger partial charge in [-0.2, -0.15) is 0 Å². The van der Waals surface area contributed by atoms with E-state index >= 15 is 0 Å². The first-order chi connectivity index (χ1) is 11.7. The number of nitrogens with one attached hydrogen (secondary N) is 3. The molecule has 1 amide bonds. The van der Waals surface area contributed by atoms with Gasteiger partial charge in [-0.1, -0.05) is 18.2 Å². The summed E-state index contributed by atoms with van der Waals surface area (Å²) in [6.07, 6.45) is 1.98. The minimum atomic E-state index is -0.0294. The zero-order valence-corrected chi connectivity index (χ0v) is 14.0. The lowest BCUT2D eigenvalue weighted by molar-refractivity contribution is -0.122. The van der Waals surface area contributed by atoms with E-state index in [0.717, 1.165) is 42.4 Å². The summed E-state index contributed by atoms with van der Waals surface area (Å²) in [5.74, 6) is 0.0594. The van der Waals surface area contributed by atoms with Gasteiger partial charge in [-0.3, -0.25) is 14.5 Å². The zero-order chi connectivity index (χ0) is 16.9. The van der Waals surface area contributed by atoms with Crippen LogP contribution in [0.4, 0.5) is 0 Å². The third-order valence-electron chi connectivity index (χ3n) is 4.65. The second-order valence-electron chi connectivity index (χ2n) is 6.32. The summed E-state index contributed by atoms with van der Waals surface area (Å²) >= 11 is 0. The first kappa shape index (κ1) is 16.7. The minimum Gasteiger partial charge on any atom is -0.358 e. The molecule has 1 saturated heterocycles. The molecule has 0 bridgehead atoms. The molecule has 0 saturated carbocycles. The Balaban J connectivity index is 1.54. The average molecular weight is 328 g/mol. The van der Waals surface area contributed by atoms with Crippen molar-refractivity contribution in [2.75, 3.05) is 26.7 Å². The van der Waals surface area contributed by atoms with Gasteiger partial charge in [0.05, 0.1) is 6.54 Å².